The zero-order valence-corrected chi connectivity index (χ0v) is 14.8. The predicted molar refractivity (Wildman–Crippen MR) is 87.2 cm³/mol. The maximum atomic E-state index is 13.6. The third kappa shape index (κ3) is 3.18. The summed E-state index contributed by atoms with van der Waals surface area (Å²) in [6, 6.07) is 8.68. The van der Waals surface area contributed by atoms with Crippen molar-refractivity contribution in [2.75, 3.05) is 7.11 Å². The highest BCUT2D eigenvalue weighted by atomic mass is 79.9. The molecule has 0 bridgehead atoms. The van der Waals surface area contributed by atoms with E-state index in [1.807, 2.05) is 19.1 Å². The van der Waals surface area contributed by atoms with E-state index in [-0.39, 0.29) is 5.82 Å². The van der Waals surface area contributed by atoms with Gasteiger partial charge in [0.15, 0.2) is 0 Å². The maximum Gasteiger partial charge on any atom is 0.137 e. The molecule has 0 aliphatic carbocycles. The van der Waals surface area contributed by atoms with Gasteiger partial charge in [-0.2, -0.15) is 0 Å². The second-order valence-electron chi connectivity index (χ2n) is 4.38. The Morgan fingerprint density at radius 3 is 2.45 bits per heavy atom. The Morgan fingerprint density at radius 1 is 1.15 bits per heavy atom. The summed E-state index contributed by atoms with van der Waals surface area (Å²) in [6.07, 6.45) is 0. The van der Waals surface area contributed by atoms with Crippen molar-refractivity contribution < 1.29 is 9.13 Å². The summed E-state index contributed by atoms with van der Waals surface area (Å²) in [5.74, 6) is 0.354. The van der Waals surface area contributed by atoms with E-state index in [9.17, 15) is 4.39 Å². The fraction of sp³-hybridized carbons (Fsp3) is 0.200. The van der Waals surface area contributed by atoms with Gasteiger partial charge in [0, 0.05) is 10.0 Å². The highest BCUT2D eigenvalue weighted by molar-refractivity contribution is 9.10. The fourth-order valence-corrected chi connectivity index (χ4v) is 2.81. The number of benzene rings is 2. The maximum absolute atomic E-state index is 13.6. The molecule has 0 saturated carbocycles. The molecule has 2 aromatic carbocycles. The van der Waals surface area contributed by atoms with Crippen molar-refractivity contribution in [3.8, 4) is 5.75 Å². The van der Waals surface area contributed by atoms with E-state index in [4.69, 9.17) is 16.3 Å². The Bertz CT molecular complexity index is 646. The molecular formula is C15H12Br2ClFO. The molecule has 0 N–H and O–H groups in total. The number of rotatable bonds is 3. The Balaban J connectivity index is 2.49. The first-order chi connectivity index (χ1) is 9.43. The van der Waals surface area contributed by atoms with E-state index >= 15 is 0 Å². The predicted octanol–water partition coefficient (Wildman–Crippen LogP) is 6.00. The van der Waals surface area contributed by atoms with Crippen molar-refractivity contribution in [1.82, 2.24) is 0 Å². The Morgan fingerprint density at radius 2 is 1.85 bits per heavy atom. The molecule has 0 radical (unpaired) electrons. The van der Waals surface area contributed by atoms with Gasteiger partial charge in [-0.25, -0.2) is 4.39 Å². The minimum absolute atomic E-state index is 0.335. The molecule has 0 amide bonds. The molecule has 0 aliphatic heterocycles. The number of hydrogen-bond donors (Lipinski definition) is 0. The molecule has 0 aliphatic rings. The molecule has 20 heavy (non-hydrogen) atoms. The minimum atomic E-state index is -0.482. The van der Waals surface area contributed by atoms with Crippen molar-refractivity contribution in [3.63, 3.8) is 0 Å². The summed E-state index contributed by atoms with van der Waals surface area (Å²) in [7, 11) is 1.60. The van der Waals surface area contributed by atoms with Gasteiger partial charge in [0.2, 0.25) is 0 Å². The average molecular weight is 423 g/mol. The van der Waals surface area contributed by atoms with Crippen LogP contribution in [0.4, 0.5) is 4.39 Å². The molecule has 106 valence electrons. The van der Waals surface area contributed by atoms with E-state index in [0.29, 0.717) is 15.8 Å². The number of methoxy groups -OCH3 is 1. The Labute approximate surface area is 139 Å². The second kappa shape index (κ2) is 6.46. The molecule has 0 fully saturated rings. The number of aryl methyl sites for hydroxylation is 1. The SMILES string of the molecule is COc1cc(C)c(Br)cc1C(Cl)c1ccc(Br)c(F)c1. The smallest absolute Gasteiger partial charge is 0.137 e. The van der Waals surface area contributed by atoms with Gasteiger partial charge in [0.25, 0.3) is 0 Å². The molecule has 5 heteroatoms. The summed E-state index contributed by atoms with van der Waals surface area (Å²) < 4.78 is 20.4. The molecule has 1 unspecified atom stereocenters. The van der Waals surface area contributed by atoms with Crippen molar-refractivity contribution in [3.05, 3.63) is 61.8 Å². The third-order valence-electron chi connectivity index (χ3n) is 3.02. The van der Waals surface area contributed by atoms with E-state index < -0.39 is 5.38 Å². The number of ether oxygens (including phenoxy) is 1. The first-order valence-corrected chi connectivity index (χ1v) is 7.89. The average Bonchev–Trinajstić information content (AvgIpc) is 2.43. The lowest BCUT2D eigenvalue weighted by atomic mass is 10.0. The summed E-state index contributed by atoms with van der Waals surface area (Å²) in [6.45, 7) is 1.97. The van der Waals surface area contributed by atoms with E-state index in [2.05, 4.69) is 31.9 Å². The number of halogens is 4. The van der Waals surface area contributed by atoms with Crippen molar-refractivity contribution in [2.24, 2.45) is 0 Å². The molecule has 2 rings (SSSR count). The van der Waals surface area contributed by atoms with Gasteiger partial charge in [-0.3, -0.25) is 0 Å². The third-order valence-corrected chi connectivity index (χ3v) is 5.00. The topological polar surface area (TPSA) is 9.23 Å². The van der Waals surface area contributed by atoms with Gasteiger partial charge in [0.05, 0.1) is 17.0 Å². The molecule has 1 nitrogen and oxygen atoms in total. The van der Waals surface area contributed by atoms with Crippen molar-refractivity contribution >= 4 is 43.5 Å². The van der Waals surface area contributed by atoms with Crippen LogP contribution in [0.2, 0.25) is 0 Å². The van der Waals surface area contributed by atoms with Crippen LogP contribution in [0, 0.1) is 12.7 Å². The standard InChI is InChI=1S/C15H12Br2ClFO/c1-8-5-14(20-2)10(7-12(8)17)15(18)9-3-4-11(16)13(19)6-9/h3-7,15H,1-2H3. The summed E-state index contributed by atoms with van der Waals surface area (Å²) in [5.41, 5.74) is 2.53. The molecule has 1 atom stereocenters. The Kier molecular flexibility index (Phi) is 5.10. The van der Waals surface area contributed by atoms with Crippen LogP contribution < -0.4 is 4.74 Å². The zero-order chi connectivity index (χ0) is 14.9. The summed E-state index contributed by atoms with van der Waals surface area (Å²) in [4.78, 5) is 0. The molecule has 2 aromatic rings. The monoisotopic (exact) mass is 420 g/mol. The van der Waals surface area contributed by atoms with Gasteiger partial charge in [-0.05, 0) is 58.2 Å². The molecule has 0 heterocycles. The van der Waals surface area contributed by atoms with Crippen LogP contribution in [0.5, 0.6) is 5.75 Å². The van der Waals surface area contributed by atoms with Crippen LogP contribution in [0.15, 0.2) is 39.3 Å². The normalized spacial score (nSPS) is 12.3. The summed E-state index contributed by atoms with van der Waals surface area (Å²) >= 11 is 13.1. The highest BCUT2D eigenvalue weighted by Gasteiger charge is 2.18. The van der Waals surface area contributed by atoms with Crippen LogP contribution in [-0.2, 0) is 0 Å². The fourth-order valence-electron chi connectivity index (χ4n) is 1.89. The van der Waals surface area contributed by atoms with Crippen LogP contribution in [0.3, 0.4) is 0 Å². The number of hydrogen-bond acceptors (Lipinski definition) is 1. The lowest BCUT2D eigenvalue weighted by Crippen LogP contribution is -1.99. The van der Waals surface area contributed by atoms with Gasteiger partial charge in [0.1, 0.15) is 11.6 Å². The largest absolute Gasteiger partial charge is 0.496 e. The van der Waals surface area contributed by atoms with Crippen LogP contribution >= 0.6 is 43.5 Å². The van der Waals surface area contributed by atoms with Crippen molar-refractivity contribution in [2.45, 2.75) is 12.3 Å². The van der Waals surface area contributed by atoms with Crippen LogP contribution in [0.1, 0.15) is 22.1 Å². The van der Waals surface area contributed by atoms with E-state index in [1.165, 1.54) is 6.07 Å². The van der Waals surface area contributed by atoms with Crippen LogP contribution in [0.25, 0.3) is 0 Å². The first kappa shape index (κ1) is 15.8. The summed E-state index contributed by atoms with van der Waals surface area (Å²) in [5, 5.41) is -0.482. The lowest BCUT2D eigenvalue weighted by molar-refractivity contribution is 0.409. The first-order valence-electron chi connectivity index (χ1n) is 5.87. The lowest BCUT2D eigenvalue weighted by Gasteiger charge is -2.16. The van der Waals surface area contributed by atoms with Gasteiger partial charge in [-0.1, -0.05) is 22.0 Å². The van der Waals surface area contributed by atoms with E-state index in [0.717, 1.165) is 15.6 Å². The van der Waals surface area contributed by atoms with Crippen LogP contribution in [-0.4, -0.2) is 7.11 Å². The van der Waals surface area contributed by atoms with Gasteiger partial charge >= 0.3 is 0 Å². The minimum Gasteiger partial charge on any atom is -0.496 e. The Hall–Kier alpha value is -0.580. The second-order valence-corrected chi connectivity index (χ2v) is 6.52. The zero-order valence-electron chi connectivity index (χ0n) is 10.9. The highest BCUT2D eigenvalue weighted by Crippen LogP contribution is 2.38. The van der Waals surface area contributed by atoms with Gasteiger partial charge < -0.3 is 4.74 Å². The van der Waals surface area contributed by atoms with E-state index in [1.54, 1.807) is 19.2 Å². The number of alkyl halides is 1. The van der Waals surface area contributed by atoms with Crippen molar-refractivity contribution in [1.29, 1.82) is 0 Å². The molecule has 0 spiro atoms. The molecule has 0 saturated heterocycles. The van der Waals surface area contributed by atoms with Gasteiger partial charge in [-0.15, -0.1) is 11.6 Å². The molecule has 0 aromatic heterocycles. The molecular weight excluding hydrogens is 410 g/mol. The quantitative estimate of drug-likeness (QED) is 0.552.